The normalized spacial score (nSPS) is 13.8. The molecule has 1 aliphatic heterocycles. The first-order chi connectivity index (χ1) is 17.0. The third-order valence-electron chi connectivity index (χ3n) is 6.42. The Morgan fingerprint density at radius 1 is 0.914 bits per heavy atom. The van der Waals surface area contributed by atoms with Crippen LogP contribution in [-0.2, 0) is 11.3 Å². The second kappa shape index (κ2) is 9.62. The van der Waals surface area contributed by atoms with Crippen molar-refractivity contribution >= 4 is 22.9 Å². The van der Waals surface area contributed by atoms with E-state index in [-0.39, 0.29) is 12.7 Å². The summed E-state index contributed by atoms with van der Waals surface area (Å²) in [5.41, 5.74) is 6.37. The van der Waals surface area contributed by atoms with E-state index in [2.05, 4.69) is 9.88 Å². The zero-order chi connectivity index (χ0) is 24.4. The topological polar surface area (TPSA) is 78.8 Å². The number of hydrogen-bond acceptors (Lipinski definition) is 6. The zero-order valence-corrected chi connectivity index (χ0v) is 19.9. The maximum absolute atomic E-state index is 12.5. The molecule has 35 heavy (non-hydrogen) atoms. The van der Waals surface area contributed by atoms with Gasteiger partial charge in [-0.15, -0.1) is 0 Å². The molecule has 0 saturated carbocycles. The molecule has 7 heteroatoms. The van der Waals surface area contributed by atoms with Crippen molar-refractivity contribution in [3.05, 3.63) is 83.6 Å². The van der Waals surface area contributed by atoms with E-state index in [9.17, 15) is 9.90 Å². The third-order valence-corrected chi connectivity index (χ3v) is 6.42. The van der Waals surface area contributed by atoms with Crippen LogP contribution in [0.3, 0.4) is 0 Å². The molecule has 0 aliphatic carbocycles. The number of carbonyl (C=O) groups is 1. The number of aromatic hydroxyl groups is 1. The molecule has 178 valence electrons. The van der Waals surface area contributed by atoms with Crippen molar-refractivity contribution < 1.29 is 14.6 Å². The van der Waals surface area contributed by atoms with Gasteiger partial charge in [0.25, 0.3) is 0 Å². The van der Waals surface area contributed by atoms with Crippen molar-refractivity contribution in [2.45, 2.75) is 20.5 Å². The molecule has 0 spiro atoms. The summed E-state index contributed by atoms with van der Waals surface area (Å²) in [7, 11) is 0. The molecule has 7 nitrogen and oxygen atoms in total. The second-order valence-corrected chi connectivity index (χ2v) is 8.90. The fraction of sp³-hybridized carbons (Fsp3) is 0.250. The van der Waals surface area contributed by atoms with Crippen LogP contribution in [0.15, 0.2) is 66.9 Å². The number of nitrogens with zero attached hydrogens (tertiary/aromatic N) is 4. The Morgan fingerprint density at radius 3 is 2.34 bits per heavy atom. The van der Waals surface area contributed by atoms with E-state index in [0.29, 0.717) is 31.9 Å². The largest absolute Gasteiger partial charge is 0.507 e. The number of anilines is 1. The smallest absolute Gasteiger partial charge is 0.410 e. The Kier molecular flexibility index (Phi) is 6.23. The maximum atomic E-state index is 12.5. The van der Waals surface area contributed by atoms with E-state index < -0.39 is 0 Å². The lowest BCUT2D eigenvalue weighted by Crippen LogP contribution is -2.49. The third kappa shape index (κ3) is 4.89. The number of amides is 1. The summed E-state index contributed by atoms with van der Waals surface area (Å²) in [5.74, 6) is 1.13. The summed E-state index contributed by atoms with van der Waals surface area (Å²) in [6, 6.07) is 19.7. The number of fused-ring (bicyclic) bond motifs is 1. The molecular weight excluding hydrogens is 440 g/mol. The van der Waals surface area contributed by atoms with Crippen molar-refractivity contribution in [3.63, 3.8) is 0 Å². The number of piperazine rings is 1. The highest BCUT2D eigenvalue weighted by molar-refractivity contribution is 5.83. The highest BCUT2D eigenvalue weighted by Crippen LogP contribution is 2.30. The number of phenolic OH excluding ortho intramolecular Hbond substituents is 1. The average molecular weight is 469 g/mol. The van der Waals surface area contributed by atoms with Gasteiger partial charge in [0.1, 0.15) is 18.2 Å². The molecule has 1 saturated heterocycles. The predicted octanol–water partition coefficient (Wildman–Crippen LogP) is 5.08. The molecule has 1 aliphatic rings. The van der Waals surface area contributed by atoms with E-state index in [4.69, 9.17) is 9.72 Å². The van der Waals surface area contributed by atoms with Crippen LogP contribution in [0.1, 0.15) is 16.7 Å². The monoisotopic (exact) mass is 468 g/mol. The number of phenols is 1. The number of aryl methyl sites for hydroxylation is 2. The van der Waals surface area contributed by atoms with E-state index in [0.717, 1.165) is 44.7 Å². The molecule has 0 unspecified atom stereocenters. The van der Waals surface area contributed by atoms with Gasteiger partial charge in [0.05, 0.1) is 17.2 Å². The van der Waals surface area contributed by atoms with Gasteiger partial charge in [-0.2, -0.15) is 0 Å². The molecule has 0 bridgehead atoms. The molecule has 3 aromatic carbocycles. The van der Waals surface area contributed by atoms with Crippen LogP contribution >= 0.6 is 0 Å². The van der Waals surface area contributed by atoms with Gasteiger partial charge >= 0.3 is 6.09 Å². The standard InChI is InChI=1S/C28H28N4O3/c1-19-14-23(15-20(2)27(19)33)22-8-9-24-25(16-22)30-26(17-29-24)31-10-12-32(13-11-31)28(34)35-18-21-6-4-3-5-7-21/h3-9,14-17,33H,10-13,18H2,1-2H3. The number of rotatable bonds is 4. The van der Waals surface area contributed by atoms with Gasteiger partial charge in [-0.3, -0.25) is 4.98 Å². The van der Waals surface area contributed by atoms with Crippen LogP contribution in [0.4, 0.5) is 10.6 Å². The lowest BCUT2D eigenvalue weighted by atomic mass is 9.99. The molecule has 0 radical (unpaired) electrons. The maximum Gasteiger partial charge on any atom is 0.410 e. The quantitative estimate of drug-likeness (QED) is 0.450. The highest BCUT2D eigenvalue weighted by Gasteiger charge is 2.23. The SMILES string of the molecule is Cc1cc(-c2ccc3ncc(N4CCN(C(=O)OCc5ccccc5)CC4)nc3c2)cc(C)c1O. The minimum Gasteiger partial charge on any atom is -0.507 e. The first-order valence-corrected chi connectivity index (χ1v) is 11.8. The van der Waals surface area contributed by atoms with Crippen molar-refractivity contribution in [2.24, 2.45) is 0 Å². The molecule has 1 amide bonds. The predicted molar refractivity (Wildman–Crippen MR) is 137 cm³/mol. The van der Waals surface area contributed by atoms with E-state index >= 15 is 0 Å². The Hall–Kier alpha value is -4.13. The molecule has 2 heterocycles. The summed E-state index contributed by atoms with van der Waals surface area (Å²) >= 11 is 0. The molecule has 1 aromatic heterocycles. The first-order valence-electron chi connectivity index (χ1n) is 11.8. The fourth-order valence-corrected chi connectivity index (χ4v) is 4.38. The number of hydrogen-bond donors (Lipinski definition) is 1. The number of ether oxygens (including phenoxy) is 1. The highest BCUT2D eigenvalue weighted by atomic mass is 16.6. The van der Waals surface area contributed by atoms with E-state index in [1.807, 2.05) is 74.5 Å². The summed E-state index contributed by atoms with van der Waals surface area (Å²) < 4.78 is 5.47. The molecule has 1 N–H and O–H groups in total. The number of benzene rings is 3. The lowest BCUT2D eigenvalue weighted by molar-refractivity contribution is 0.0941. The van der Waals surface area contributed by atoms with Gasteiger partial charge in [0, 0.05) is 26.2 Å². The minimum atomic E-state index is -0.290. The molecule has 0 atom stereocenters. The Bertz CT molecular complexity index is 1340. The van der Waals surface area contributed by atoms with Crippen LogP contribution < -0.4 is 4.90 Å². The van der Waals surface area contributed by atoms with Crippen LogP contribution in [0.25, 0.3) is 22.2 Å². The number of aromatic nitrogens is 2. The molecular formula is C28H28N4O3. The Morgan fingerprint density at radius 2 is 1.63 bits per heavy atom. The van der Waals surface area contributed by atoms with Gasteiger partial charge in [0.2, 0.25) is 0 Å². The van der Waals surface area contributed by atoms with E-state index in [1.165, 1.54) is 0 Å². The van der Waals surface area contributed by atoms with E-state index in [1.54, 1.807) is 11.1 Å². The molecule has 1 fully saturated rings. The molecule has 5 rings (SSSR count). The van der Waals surface area contributed by atoms with Crippen LogP contribution in [0, 0.1) is 13.8 Å². The van der Waals surface area contributed by atoms with Crippen LogP contribution in [0.2, 0.25) is 0 Å². The lowest BCUT2D eigenvalue weighted by Gasteiger charge is -2.34. The van der Waals surface area contributed by atoms with Gasteiger partial charge in [-0.05, 0) is 65.9 Å². The van der Waals surface area contributed by atoms with Crippen molar-refractivity contribution in [2.75, 3.05) is 31.1 Å². The van der Waals surface area contributed by atoms with Crippen molar-refractivity contribution in [3.8, 4) is 16.9 Å². The van der Waals surface area contributed by atoms with Crippen LogP contribution in [0.5, 0.6) is 5.75 Å². The minimum absolute atomic E-state index is 0.276. The van der Waals surface area contributed by atoms with Gasteiger partial charge < -0.3 is 19.6 Å². The summed E-state index contributed by atoms with van der Waals surface area (Å²) in [4.78, 5) is 25.8. The average Bonchev–Trinajstić information content (AvgIpc) is 2.90. The summed E-state index contributed by atoms with van der Waals surface area (Å²) in [6.07, 6.45) is 1.50. The Labute approximate surface area is 204 Å². The van der Waals surface area contributed by atoms with Gasteiger partial charge in [0.15, 0.2) is 0 Å². The van der Waals surface area contributed by atoms with Crippen LogP contribution in [-0.4, -0.2) is 52.2 Å². The van der Waals surface area contributed by atoms with Crippen molar-refractivity contribution in [1.29, 1.82) is 0 Å². The molecule has 4 aromatic rings. The summed E-state index contributed by atoms with van der Waals surface area (Å²) in [6.45, 7) is 6.55. The fourth-order valence-electron chi connectivity index (χ4n) is 4.38. The second-order valence-electron chi connectivity index (χ2n) is 8.90. The first kappa shape index (κ1) is 22.7. The van der Waals surface area contributed by atoms with Crippen molar-refractivity contribution in [1.82, 2.24) is 14.9 Å². The van der Waals surface area contributed by atoms with Gasteiger partial charge in [-0.25, -0.2) is 9.78 Å². The number of carbonyl (C=O) groups excluding carboxylic acids is 1. The Balaban J connectivity index is 1.27. The zero-order valence-electron chi connectivity index (χ0n) is 19.9. The summed E-state index contributed by atoms with van der Waals surface area (Å²) in [5, 5.41) is 10.1. The van der Waals surface area contributed by atoms with Gasteiger partial charge in [-0.1, -0.05) is 36.4 Å².